The number of carboxylic acid groups (broad SMARTS) is 1. The number of benzene rings is 1. The van der Waals surface area contributed by atoms with Gasteiger partial charge < -0.3 is 10.4 Å². The Balaban J connectivity index is 1.91. The van der Waals surface area contributed by atoms with E-state index in [0.29, 0.717) is 12.3 Å². The van der Waals surface area contributed by atoms with Gasteiger partial charge in [-0.25, -0.2) is 9.18 Å². The predicted molar refractivity (Wildman–Crippen MR) is 67.0 cm³/mol. The summed E-state index contributed by atoms with van der Waals surface area (Å²) in [5, 5.41) is 11.5. The van der Waals surface area contributed by atoms with Crippen LogP contribution >= 0.6 is 0 Å². The van der Waals surface area contributed by atoms with Crippen molar-refractivity contribution in [1.82, 2.24) is 5.32 Å². The third-order valence-electron chi connectivity index (χ3n) is 3.21. The van der Waals surface area contributed by atoms with Gasteiger partial charge in [0.05, 0.1) is 6.42 Å². The van der Waals surface area contributed by atoms with Crippen molar-refractivity contribution in [3.8, 4) is 0 Å². The summed E-state index contributed by atoms with van der Waals surface area (Å²) >= 11 is 0. The minimum atomic E-state index is -1.03. The molecule has 1 fully saturated rings. The minimum absolute atomic E-state index is 0.138. The van der Waals surface area contributed by atoms with Crippen LogP contribution < -0.4 is 5.32 Å². The van der Waals surface area contributed by atoms with Crippen LogP contribution in [0, 0.1) is 11.7 Å². The van der Waals surface area contributed by atoms with Crippen molar-refractivity contribution in [3.63, 3.8) is 0 Å². The maximum atomic E-state index is 13.4. The summed E-state index contributed by atoms with van der Waals surface area (Å²) in [7, 11) is 0. The Morgan fingerprint density at radius 2 is 2.05 bits per heavy atom. The van der Waals surface area contributed by atoms with Gasteiger partial charge in [0.2, 0.25) is 5.91 Å². The van der Waals surface area contributed by atoms with Gasteiger partial charge in [-0.15, -0.1) is 0 Å². The SMILES string of the molecule is O=C(Cc1ccccc1F)NC(CC1CC1)C(=O)O. The number of carbonyl (C=O) groups is 2. The number of hydrogen-bond acceptors (Lipinski definition) is 2. The first-order valence-corrected chi connectivity index (χ1v) is 6.32. The Morgan fingerprint density at radius 1 is 1.37 bits per heavy atom. The number of hydrogen-bond donors (Lipinski definition) is 2. The molecule has 1 unspecified atom stereocenters. The summed E-state index contributed by atoms with van der Waals surface area (Å²) in [6.45, 7) is 0. The van der Waals surface area contributed by atoms with Gasteiger partial charge in [-0.3, -0.25) is 4.79 Å². The summed E-state index contributed by atoms with van der Waals surface area (Å²) in [6, 6.07) is 5.12. The summed E-state index contributed by atoms with van der Waals surface area (Å²) in [4.78, 5) is 22.8. The highest BCUT2D eigenvalue weighted by atomic mass is 19.1. The van der Waals surface area contributed by atoms with Gasteiger partial charge in [0, 0.05) is 0 Å². The molecule has 1 aromatic carbocycles. The fraction of sp³-hybridized carbons (Fsp3) is 0.429. The summed E-state index contributed by atoms with van der Waals surface area (Å²) in [5.74, 6) is -1.55. The zero-order chi connectivity index (χ0) is 13.8. The van der Waals surface area contributed by atoms with Crippen molar-refractivity contribution >= 4 is 11.9 Å². The standard InChI is InChI=1S/C14H16FNO3/c15-11-4-2-1-3-10(11)8-13(17)16-12(14(18)19)7-9-5-6-9/h1-4,9,12H,5-8H2,(H,16,17)(H,18,19). The maximum absolute atomic E-state index is 13.4. The van der Waals surface area contributed by atoms with E-state index in [4.69, 9.17) is 5.11 Å². The highest BCUT2D eigenvalue weighted by Gasteiger charge is 2.30. The van der Waals surface area contributed by atoms with Gasteiger partial charge in [-0.05, 0) is 24.0 Å². The Kier molecular flexibility index (Phi) is 4.14. The molecule has 1 aliphatic carbocycles. The molecule has 2 N–H and O–H groups in total. The van der Waals surface area contributed by atoms with Gasteiger partial charge in [0.15, 0.2) is 0 Å². The first-order chi connectivity index (χ1) is 9.06. The quantitative estimate of drug-likeness (QED) is 0.823. The molecular formula is C14H16FNO3. The first-order valence-electron chi connectivity index (χ1n) is 6.32. The van der Waals surface area contributed by atoms with Gasteiger partial charge in [0.25, 0.3) is 0 Å². The molecule has 0 radical (unpaired) electrons. The van der Waals surface area contributed by atoms with Crippen LogP contribution in [0.15, 0.2) is 24.3 Å². The van der Waals surface area contributed by atoms with Crippen molar-refractivity contribution in [1.29, 1.82) is 0 Å². The Hall–Kier alpha value is -1.91. The Bertz CT molecular complexity index is 485. The average molecular weight is 265 g/mol. The lowest BCUT2D eigenvalue weighted by molar-refractivity contribution is -0.142. The van der Waals surface area contributed by atoms with E-state index in [2.05, 4.69) is 5.32 Å². The van der Waals surface area contributed by atoms with E-state index < -0.39 is 23.7 Å². The van der Waals surface area contributed by atoms with Crippen LogP contribution in [0.3, 0.4) is 0 Å². The van der Waals surface area contributed by atoms with Crippen LogP contribution in [0.5, 0.6) is 0 Å². The van der Waals surface area contributed by atoms with E-state index in [-0.39, 0.29) is 12.0 Å². The van der Waals surface area contributed by atoms with E-state index in [1.807, 2.05) is 0 Å². The predicted octanol–water partition coefficient (Wildman–Crippen LogP) is 1.74. The molecule has 1 aliphatic rings. The second-order valence-corrected chi connectivity index (χ2v) is 4.91. The molecule has 102 valence electrons. The van der Waals surface area contributed by atoms with Crippen LogP contribution in [0.4, 0.5) is 4.39 Å². The molecule has 0 aliphatic heterocycles. The largest absolute Gasteiger partial charge is 0.480 e. The minimum Gasteiger partial charge on any atom is -0.480 e. The van der Waals surface area contributed by atoms with Gasteiger partial charge in [-0.2, -0.15) is 0 Å². The van der Waals surface area contributed by atoms with Crippen LogP contribution in [0.2, 0.25) is 0 Å². The van der Waals surface area contributed by atoms with E-state index in [1.54, 1.807) is 12.1 Å². The van der Waals surface area contributed by atoms with Gasteiger partial charge in [-0.1, -0.05) is 31.0 Å². The van der Waals surface area contributed by atoms with Crippen molar-refractivity contribution in [2.75, 3.05) is 0 Å². The van der Waals surface area contributed by atoms with Crippen LogP contribution in [-0.4, -0.2) is 23.0 Å². The monoisotopic (exact) mass is 265 g/mol. The van der Waals surface area contributed by atoms with Gasteiger partial charge in [0.1, 0.15) is 11.9 Å². The van der Waals surface area contributed by atoms with Crippen LogP contribution in [0.1, 0.15) is 24.8 Å². The molecule has 1 saturated carbocycles. The number of rotatable bonds is 6. The molecule has 0 bridgehead atoms. The molecule has 0 aromatic heterocycles. The van der Waals surface area contributed by atoms with E-state index >= 15 is 0 Å². The molecule has 0 saturated heterocycles. The van der Waals surface area contributed by atoms with E-state index in [0.717, 1.165) is 12.8 Å². The van der Waals surface area contributed by atoms with Crippen LogP contribution in [-0.2, 0) is 16.0 Å². The van der Waals surface area contributed by atoms with Crippen molar-refractivity contribution in [3.05, 3.63) is 35.6 Å². The second-order valence-electron chi connectivity index (χ2n) is 4.91. The number of carboxylic acids is 1. The third kappa shape index (κ3) is 4.05. The number of carbonyl (C=O) groups excluding carboxylic acids is 1. The van der Waals surface area contributed by atoms with Crippen molar-refractivity contribution < 1.29 is 19.1 Å². The molecule has 1 aromatic rings. The normalized spacial score (nSPS) is 15.8. The number of aliphatic carboxylic acids is 1. The third-order valence-corrected chi connectivity index (χ3v) is 3.21. The second kappa shape index (κ2) is 5.82. The zero-order valence-electron chi connectivity index (χ0n) is 10.4. The smallest absolute Gasteiger partial charge is 0.326 e. The Morgan fingerprint density at radius 3 is 2.63 bits per heavy atom. The molecule has 2 rings (SSSR count). The van der Waals surface area contributed by atoms with E-state index in [1.165, 1.54) is 12.1 Å². The number of nitrogens with one attached hydrogen (secondary N) is 1. The molecule has 19 heavy (non-hydrogen) atoms. The summed E-state index contributed by atoms with van der Waals surface area (Å²) in [5.41, 5.74) is 0.274. The summed E-state index contributed by atoms with van der Waals surface area (Å²) < 4.78 is 13.4. The topological polar surface area (TPSA) is 66.4 Å². The lowest BCUT2D eigenvalue weighted by Crippen LogP contribution is -2.41. The highest BCUT2D eigenvalue weighted by Crippen LogP contribution is 2.33. The fourth-order valence-electron chi connectivity index (χ4n) is 1.97. The highest BCUT2D eigenvalue weighted by molar-refractivity contribution is 5.84. The lowest BCUT2D eigenvalue weighted by atomic mass is 10.1. The van der Waals surface area contributed by atoms with Gasteiger partial charge >= 0.3 is 5.97 Å². The van der Waals surface area contributed by atoms with E-state index in [9.17, 15) is 14.0 Å². The molecule has 1 atom stereocenters. The van der Waals surface area contributed by atoms with Crippen molar-refractivity contribution in [2.45, 2.75) is 31.7 Å². The zero-order valence-corrected chi connectivity index (χ0v) is 10.4. The molecule has 4 nitrogen and oxygen atoms in total. The fourth-order valence-corrected chi connectivity index (χ4v) is 1.97. The maximum Gasteiger partial charge on any atom is 0.326 e. The molecule has 5 heteroatoms. The van der Waals surface area contributed by atoms with Crippen molar-refractivity contribution in [2.24, 2.45) is 5.92 Å². The van der Waals surface area contributed by atoms with Crippen LogP contribution in [0.25, 0.3) is 0 Å². The lowest BCUT2D eigenvalue weighted by Gasteiger charge is -2.14. The average Bonchev–Trinajstić information content (AvgIpc) is 3.15. The molecular weight excluding hydrogens is 249 g/mol. The molecule has 0 heterocycles. The molecule has 1 amide bonds. The number of amides is 1. The molecule has 0 spiro atoms. The first kappa shape index (κ1) is 13.5. The number of halogens is 1. The Labute approximate surface area is 110 Å². The summed E-state index contributed by atoms with van der Waals surface area (Å²) in [6.07, 6.45) is 2.36.